The molecule has 2 aliphatic heterocycles. The number of thioether (sulfide) groups is 2. The summed E-state index contributed by atoms with van der Waals surface area (Å²) in [5, 5.41) is 19.7. The van der Waals surface area contributed by atoms with E-state index in [9.17, 15) is 24.1 Å². The fourth-order valence-electron chi connectivity index (χ4n) is 4.42. The summed E-state index contributed by atoms with van der Waals surface area (Å²) in [4.78, 5) is 67.9. The Morgan fingerprint density at radius 3 is 2.67 bits per heavy atom. The second kappa shape index (κ2) is 12.1. The number of fused-ring (bicyclic) bond motifs is 1. The average Bonchev–Trinajstić information content (AvgIpc) is 3.59. The number of carbonyl (C=O) groups is 3. The van der Waals surface area contributed by atoms with Gasteiger partial charge in [0.25, 0.3) is 11.8 Å². The molecule has 3 aliphatic rings. The molecular formula is C25H24N5O8PS3. The monoisotopic (exact) mass is 649 g/mol. The van der Waals surface area contributed by atoms with Crippen LogP contribution >= 0.6 is 42.6 Å². The Morgan fingerprint density at radius 1 is 1.26 bits per heavy atom. The summed E-state index contributed by atoms with van der Waals surface area (Å²) in [7, 11) is -3.33. The minimum absolute atomic E-state index is 0.108. The lowest BCUT2D eigenvalue weighted by atomic mass is 10.0. The largest absolute Gasteiger partial charge is 0.477 e. The van der Waals surface area contributed by atoms with Gasteiger partial charge in [-0.2, -0.15) is 0 Å². The van der Waals surface area contributed by atoms with Crippen LogP contribution in [0.1, 0.15) is 12.0 Å². The fourth-order valence-corrected chi connectivity index (χ4v) is 8.37. The number of nitrogens with one attached hydrogen (secondary N) is 2. The van der Waals surface area contributed by atoms with Crippen LogP contribution in [0.3, 0.4) is 0 Å². The minimum Gasteiger partial charge on any atom is -0.477 e. The Morgan fingerprint density at radius 2 is 2.00 bits per heavy atom. The smallest absolute Gasteiger partial charge is 0.427 e. The molecule has 13 nitrogen and oxygen atoms in total. The van der Waals surface area contributed by atoms with Gasteiger partial charge in [-0.05, 0) is 25.0 Å². The van der Waals surface area contributed by atoms with Crippen LogP contribution in [0, 0.1) is 6.92 Å². The summed E-state index contributed by atoms with van der Waals surface area (Å²) in [6, 6.07) is 6.90. The van der Waals surface area contributed by atoms with E-state index in [4.69, 9.17) is 14.6 Å². The number of allylic oxidation sites excluding steroid dienone is 2. The predicted octanol–water partition coefficient (Wildman–Crippen LogP) is 2.81. The maximum Gasteiger partial charge on any atom is 0.427 e. The molecule has 220 valence electrons. The Kier molecular flexibility index (Phi) is 8.64. The van der Waals surface area contributed by atoms with Crippen molar-refractivity contribution in [1.29, 1.82) is 0 Å². The lowest BCUT2D eigenvalue weighted by Gasteiger charge is -2.49. The molecule has 17 heteroatoms. The Balaban J connectivity index is 1.29. The fraction of sp³-hybridized carbons (Fsp3) is 0.240. The van der Waals surface area contributed by atoms with Crippen LogP contribution in [0.25, 0.3) is 11.3 Å². The van der Waals surface area contributed by atoms with Crippen molar-refractivity contribution in [2.45, 2.75) is 29.1 Å². The Bertz CT molecular complexity index is 1630. The van der Waals surface area contributed by atoms with Crippen LogP contribution < -0.4 is 10.4 Å². The van der Waals surface area contributed by atoms with Gasteiger partial charge in [0.05, 0.1) is 5.69 Å². The van der Waals surface area contributed by atoms with E-state index in [1.807, 2.05) is 41.7 Å². The van der Waals surface area contributed by atoms with Gasteiger partial charge in [-0.3, -0.25) is 19.6 Å². The molecule has 2 amide bonds. The van der Waals surface area contributed by atoms with Gasteiger partial charge in [0.1, 0.15) is 24.2 Å². The quantitative estimate of drug-likeness (QED) is 0.110. The third-order valence-electron chi connectivity index (χ3n) is 6.31. The second-order valence-electron chi connectivity index (χ2n) is 9.22. The number of carboxylic acids is 1. The standard InChI is InChI=1S/C25H24N5O8PS3/c1-12-3-5-13(6-4-12)16-10-41-25(26-16)42-17-11-40-23-19(22(32)30(23)20(17)24(33)34)27-21(31)18(28-38-2)14-7-8-15(9-14)29-39(35,36)37/h3-6,8-10,19,23H,7,11H2,1-2H3,(H,27,31)(H,33,34)(H3,29,35,36,37)/b28-18+/t19-,23?/m1/s1. The molecule has 1 unspecified atom stereocenters. The van der Waals surface area contributed by atoms with Crippen molar-refractivity contribution in [3.8, 4) is 11.3 Å². The molecule has 1 fully saturated rings. The normalized spacial score (nSPS) is 20.4. The van der Waals surface area contributed by atoms with E-state index in [1.165, 1.54) is 59.0 Å². The molecule has 0 bridgehead atoms. The molecule has 1 aliphatic carbocycles. The molecule has 5 rings (SSSR count). The van der Waals surface area contributed by atoms with Gasteiger partial charge in [-0.15, -0.1) is 23.1 Å². The lowest BCUT2D eigenvalue weighted by molar-refractivity contribution is -0.150. The number of benzene rings is 1. The number of oxime groups is 1. The zero-order valence-electron chi connectivity index (χ0n) is 22.0. The first kappa shape index (κ1) is 30.1. The second-order valence-corrected chi connectivity index (χ2v) is 13.8. The van der Waals surface area contributed by atoms with Crippen LogP contribution in [0.2, 0.25) is 0 Å². The van der Waals surface area contributed by atoms with Crippen molar-refractivity contribution in [3.05, 3.63) is 69.2 Å². The van der Waals surface area contributed by atoms with Crippen molar-refractivity contribution in [2.75, 3.05) is 12.9 Å². The van der Waals surface area contributed by atoms with Crippen molar-refractivity contribution >= 4 is 66.1 Å². The topological polar surface area (TPSA) is 191 Å². The zero-order valence-corrected chi connectivity index (χ0v) is 25.4. The van der Waals surface area contributed by atoms with Gasteiger partial charge in [0, 0.05) is 27.3 Å². The minimum atomic E-state index is -4.55. The number of carboxylic acid groups (broad SMARTS) is 1. The van der Waals surface area contributed by atoms with Gasteiger partial charge >= 0.3 is 13.7 Å². The molecule has 2 aromatic rings. The third kappa shape index (κ3) is 6.33. The highest BCUT2D eigenvalue weighted by Gasteiger charge is 2.54. The van der Waals surface area contributed by atoms with Crippen molar-refractivity contribution < 1.29 is 38.7 Å². The first-order chi connectivity index (χ1) is 19.9. The maximum atomic E-state index is 13.2. The van der Waals surface area contributed by atoms with Crippen LogP contribution in [0.4, 0.5) is 0 Å². The van der Waals surface area contributed by atoms with E-state index in [2.05, 4.69) is 15.5 Å². The number of thiazole rings is 1. The SMILES string of the molecule is CO/N=C(/C(=O)N[C@@H]1C(=O)N2C(C(=O)O)=C(Sc3nc(-c4ccc(C)cc4)cs3)CSC12)C1=CC(NP(=O)(O)O)=CC1. The summed E-state index contributed by atoms with van der Waals surface area (Å²) in [5.74, 6) is -2.31. The number of rotatable bonds is 10. The Hall–Kier alpha value is -3.40. The summed E-state index contributed by atoms with van der Waals surface area (Å²) < 4.78 is 11.9. The van der Waals surface area contributed by atoms with Gasteiger partial charge in [-0.25, -0.2) is 14.3 Å². The van der Waals surface area contributed by atoms with E-state index in [-0.39, 0.29) is 29.3 Å². The number of aliphatic carboxylic acids is 1. The van der Waals surface area contributed by atoms with E-state index in [0.717, 1.165) is 16.8 Å². The number of nitrogens with zero attached hydrogens (tertiary/aromatic N) is 3. The number of hydrogen-bond donors (Lipinski definition) is 5. The highest BCUT2D eigenvalue weighted by molar-refractivity contribution is 8.07. The third-order valence-corrected chi connectivity index (χ3v) is 10.3. The van der Waals surface area contributed by atoms with Gasteiger partial charge < -0.3 is 25.0 Å². The number of amides is 2. The van der Waals surface area contributed by atoms with Gasteiger partial charge in [0.2, 0.25) is 0 Å². The van der Waals surface area contributed by atoms with E-state index >= 15 is 0 Å². The van der Waals surface area contributed by atoms with E-state index < -0.39 is 36.9 Å². The highest BCUT2D eigenvalue weighted by atomic mass is 32.2. The molecule has 0 radical (unpaired) electrons. The Labute approximate surface area is 252 Å². The number of carbonyl (C=O) groups excluding carboxylic acids is 2. The summed E-state index contributed by atoms with van der Waals surface area (Å²) >= 11 is 3.90. The number of hydrogen-bond acceptors (Lipinski definition) is 10. The van der Waals surface area contributed by atoms with Crippen molar-refractivity contribution in [2.24, 2.45) is 5.16 Å². The van der Waals surface area contributed by atoms with Crippen molar-refractivity contribution in [1.82, 2.24) is 20.3 Å². The summed E-state index contributed by atoms with van der Waals surface area (Å²) in [6.07, 6.45) is 2.95. The molecule has 42 heavy (non-hydrogen) atoms. The molecule has 1 aromatic carbocycles. The van der Waals surface area contributed by atoms with Gasteiger partial charge in [-0.1, -0.05) is 52.8 Å². The maximum absolute atomic E-state index is 13.2. The molecule has 1 saturated heterocycles. The summed E-state index contributed by atoms with van der Waals surface area (Å²) in [6.45, 7) is 2.00. The highest BCUT2D eigenvalue weighted by Crippen LogP contribution is 2.46. The lowest BCUT2D eigenvalue weighted by Crippen LogP contribution is -2.71. The van der Waals surface area contributed by atoms with Gasteiger partial charge in [0.15, 0.2) is 10.1 Å². The molecule has 1 aromatic heterocycles. The van der Waals surface area contributed by atoms with Crippen LogP contribution in [0.15, 0.2) is 73.2 Å². The number of aromatic nitrogens is 1. The van der Waals surface area contributed by atoms with Crippen LogP contribution in [0.5, 0.6) is 0 Å². The number of β-lactam (4-membered cyclic amide) rings is 1. The molecule has 0 spiro atoms. The zero-order chi connectivity index (χ0) is 30.2. The first-order valence-electron chi connectivity index (χ1n) is 12.2. The molecule has 3 heterocycles. The van der Waals surface area contributed by atoms with Crippen LogP contribution in [-0.4, -0.2) is 72.6 Å². The summed E-state index contributed by atoms with van der Waals surface area (Å²) in [5.41, 5.74) is 2.94. The van der Waals surface area contributed by atoms with E-state index in [0.29, 0.717) is 14.8 Å². The van der Waals surface area contributed by atoms with Crippen molar-refractivity contribution in [3.63, 3.8) is 0 Å². The van der Waals surface area contributed by atoms with Crippen LogP contribution in [-0.2, 0) is 23.8 Å². The average molecular weight is 650 g/mol. The van der Waals surface area contributed by atoms with E-state index in [1.54, 1.807) is 0 Å². The predicted molar refractivity (Wildman–Crippen MR) is 158 cm³/mol. The molecule has 0 saturated carbocycles. The molecular weight excluding hydrogens is 625 g/mol. The molecule has 2 atom stereocenters. The first-order valence-corrected chi connectivity index (χ1v) is 16.6. The molecule has 5 N–H and O–H groups in total. The number of aryl methyl sites for hydroxylation is 1.